The Bertz CT molecular complexity index is 749. The van der Waals surface area contributed by atoms with E-state index in [2.05, 4.69) is 16.0 Å². The molecule has 1 aliphatic heterocycles. The van der Waals surface area contributed by atoms with Crippen LogP contribution in [-0.2, 0) is 11.3 Å². The topological polar surface area (TPSA) is 65.9 Å². The Kier molecular flexibility index (Phi) is 6.08. The number of methoxy groups -OCH3 is 1. The summed E-state index contributed by atoms with van der Waals surface area (Å²) in [6.07, 6.45) is 3.63. The molecule has 3 rings (SSSR count). The van der Waals surface area contributed by atoms with E-state index in [-0.39, 0.29) is 0 Å². The second kappa shape index (κ2) is 8.49. The zero-order chi connectivity index (χ0) is 18.5. The number of nitrogens with zero attached hydrogens (tertiary/aromatic N) is 3. The van der Waals surface area contributed by atoms with E-state index in [0.29, 0.717) is 29.4 Å². The van der Waals surface area contributed by atoms with Crippen LogP contribution < -0.4 is 4.74 Å². The van der Waals surface area contributed by atoms with Crippen LogP contribution in [0.2, 0.25) is 5.02 Å². The zero-order valence-corrected chi connectivity index (χ0v) is 15.4. The van der Waals surface area contributed by atoms with Crippen molar-refractivity contribution in [2.75, 3.05) is 33.3 Å². The van der Waals surface area contributed by atoms with Crippen molar-refractivity contribution < 1.29 is 14.6 Å². The Morgan fingerprint density at radius 2 is 2.08 bits per heavy atom. The molecule has 2 aromatic rings. The number of ether oxygens (including phenoxy) is 1. The molecule has 6 nitrogen and oxygen atoms in total. The summed E-state index contributed by atoms with van der Waals surface area (Å²) in [4.78, 5) is 20.4. The summed E-state index contributed by atoms with van der Waals surface area (Å²) in [5.74, 6) is -0.356. The smallest absolute Gasteiger partial charge is 0.325 e. The first-order valence-electron chi connectivity index (χ1n) is 8.50. The molecule has 2 heterocycles. The van der Waals surface area contributed by atoms with Gasteiger partial charge in [0.05, 0.1) is 7.11 Å². The molecule has 1 aromatic carbocycles. The highest BCUT2D eigenvalue weighted by Gasteiger charge is 2.32. The van der Waals surface area contributed by atoms with Crippen molar-refractivity contribution in [2.45, 2.75) is 12.6 Å². The van der Waals surface area contributed by atoms with Crippen molar-refractivity contribution in [1.82, 2.24) is 14.8 Å². The largest absolute Gasteiger partial charge is 0.496 e. The molecule has 0 amide bonds. The third-order valence-electron chi connectivity index (χ3n) is 4.62. The number of halogens is 1. The second-order valence-electron chi connectivity index (χ2n) is 6.30. The SMILES string of the molecule is COc1ccc(Cl)cc1[C@H](C(=O)O)N1CCN(Cc2cccnc2)CC1. The van der Waals surface area contributed by atoms with E-state index < -0.39 is 12.0 Å². The number of hydrogen-bond acceptors (Lipinski definition) is 5. The van der Waals surface area contributed by atoms with Crippen molar-refractivity contribution >= 4 is 17.6 Å². The maximum Gasteiger partial charge on any atom is 0.325 e. The van der Waals surface area contributed by atoms with Crippen molar-refractivity contribution in [3.63, 3.8) is 0 Å². The molecule has 7 heteroatoms. The van der Waals surface area contributed by atoms with E-state index in [1.54, 1.807) is 24.4 Å². The van der Waals surface area contributed by atoms with Gasteiger partial charge in [-0.1, -0.05) is 17.7 Å². The lowest BCUT2D eigenvalue weighted by Crippen LogP contribution is -2.48. The van der Waals surface area contributed by atoms with E-state index in [1.165, 1.54) is 7.11 Å². The first-order valence-corrected chi connectivity index (χ1v) is 8.88. The predicted octanol–water partition coefficient (Wildman–Crippen LogP) is 2.69. The maximum absolute atomic E-state index is 12.0. The van der Waals surface area contributed by atoms with Crippen molar-refractivity contribution in [1.29, 1.82) is 0 Å². The van der Waals surface area contributed by atoms with Gasteiger partial charge in [-0.15, -0.1) is 0 Å². The first-order chi connectivity index (χ1) is 12.6. The molecule has 0 radical (unpaired) electrons. The van der Waals surface area contributed by atoms with E-state index in [4.69, 9.17) is 16.3 Å². The molecule has 0 unspecified atom stereocenters. The fourth-order valence-electron chi connectivity index (χ4n) is 3.33. The molecule has 0 saturated carbocycles. The summed E-state index contributed by atoms with van der Waals surface area (Å²) >= 11 is 6.09. The minimum absolute atomic E-state index is 0.502. The number of pyridine rings is 1. The zero-order valence-electron chi connectivity index (χ0n) is 14.6. The monoisotopic (exact) mass is 375 g/mol. The number of carboxylic acid groups (broad SMARTS) is 1. The number of piperazine rings is 1. The third-order valence-corrected chi connectivity index (χ3v) is 4.86. The Labute approximate surface area is 158 Å². The number of aromatic nitrogens is 1. The molecule has 0 aliphatic carbocycles. The van der Waals surface area contributed by atoms with Gasteiger partial charge in [0.25, 0.3) is 0 Å². The van der Waals surface area contributed by atoms with Gasteiger partial charge in [-0.25, -0.2) is 0 Å². The minimum Gasteiger partial charge on any atom is -0.496 e. The van der Waals surface area contributed by atoms with Gasteiger partial charge in [-0.2, -0.15) is 0 Å². The quantitative estimate of drug-likeness (QED) is 0.837. The second-order valence-corrected chi connectivity index (χ2v) is 6.74. The van der Waals surface area contributed by atoms with Gasteiger partial charge < -0.3 is 9.84 Å². The van der Waals surface area contributed by atoms with Crippen molar-refractivity contribution in [3.05, 3.63) is 58.9 Å². The summed E-state index contributed by atoms with van der Waals surface area (Å²) in [5.41, 5.74) is 1.75. The summed E-state index contributed by atoms with van der Waals surface area (Å²) in [6.45, 7) is 3.73. The van der Waals surface area contributed by atoms with Crippen LogP contribution in [0.1, 0.15) is 17.2 Å². The first kappa shape index (κ1) is 18.6. The maximum atomic E-state index is 12.0. The molecule has 1 saturated heterocycles. The van der Waals surface area contributed by atoms with Gasteiger partial charge >= 0.3 is 5.97 Å². The highest BCUT2D eigenvalue weighted by Crippen LogP contribution is 2.32. The summed E-state index contributed by atoms with van der Waals surface area (Å²) in [7, 11) is 1.54. The molecular weight excluding hydrogens is 354 g/mol. The number of aliphatic carboxylic acids is 1. The average Bonchev–Trinajstić information content (AvgIpc) is 2.64. The van der Waals surface area contributed by atoms with E-state index in [1.807, 2.05) is 17.2 Å². The van der Waals surface area contributed by atoms with Crippen LogP contribution >= 0.6 is 11.6 Å². The molecule has 1 aliphatic rings. The lowest BCUT2D eigenvalue weighted by atomic mass is 10.0. The minimum atomic E-state index is -0.897. The molecule has 1 aromatic heterocycles. The van der Waals surface area contributed by atoms with Crippen LogP contribution in [-0.4, -0.2) is 59.1 Å². The fraction of sp³-hybridized carbons (Fsp3) is 0.368. The Hall–Kier alpha value is -2.15. The summed E-state index contributed by atoms with van der Waals surface area (Å²) in [6, 6.07) is 8.31. The molecule has 1 N–H and O–H groups in total. The number of rotatable bonds is 6. The van der Waals surface area contributed by atoms with Gasteiger partial charge in [-0.05, 0) is 29.8 Å². The molecule has 26 heavy (non-hydrogen) atoms. The summed E-state index contributed by atoms with van der Waals surface area (Å²) in [5, 5.41) is 10.3. The van der Waals surface area contributed by atoms with Crippen LogP contribution in [0.5, 0.6) is 5.75 Å². The Morgan fingerprint density at radius 3 is 2.69 bits per heavy atom. The molecule has 1 fully saturated rings. The Morgan fingerprint density at radius 1 is 1.31 bits per heavy atom. The van der Waals surface area contributed by atoms with Crippen LogP contribution in [0.25, 0.3) is 0 Å². The standard InChI is InChI=1S/C19H22ClN3O3/c1-26-17-5-4-15(20)11-16(17)18(19(24)25)23-9-7-22(8-10-23)13-14-3-2-6-21-12-14/h2-6,11-12,18H,7-10,13H2,1H3,(H,24,25)/t18-/m1/s1. The van der Waals surface area contributed by atoms with Crippen molar-refractivity contribution in [3.8, 4) is 5.75 Å². The van der Waals surface area contributed by atoms with Crippen LogP contribution in [0, 0.1) is 0 Å². The fourth-order valence-corrected chi connectivity index (χ4v) is 3.51. The Balaban J connectivity index is 1.71. The van der Waals surface area contributed by atoms with Gasteiger partial charge in [0.1, 0.15) is 11.8 Å². The molecular formula is C19H22ClN3O3. The van der Waals surface area contributed by atoms with Gasteiger partial charge in [-0.3, -0.25) is 19.6 Å². The lowest BCUT2D eigenvalue weighted by molar-refractivity contribution is -0.144. The number of hydrogen-bond donors (Lipinski definition) is 1. The highest BCUT2D eigenvalue weighted by molar-refractivity contribution is 6.30. The third kappa shape index (κ3) is 4.33. The van der Waals surface area contributed by atoms with E-state index >= 15 is 0 Å². The average molecular weight is 376 g/mol. The number of benzene rings is 1. The van der Waals surface area contributed by atoms with Crippen molar-refractivity contribution in [2.24, 2.45) is 0 Å². The van der Waals surface area contributed by atoms with E-state index in [9.17, 15) is 9.90 Å². The van der Waals surface area contributed by atoms with Crippen LogP contribution in [0.15, 0.2) is 42.7 Å². The normalized spacial score (nSPS) is 17.0. The number of carbonyl (C=O) groups is 1. The number of carboxylic acids is 1. The highest BCUT2D eigenvalue weighted by atomic mass is 35.5. The van der Waals surface area contributed by atoms with Gasteiger partial charge in [0.15, 0.2) is 0 Å². The van der Waals surface area contributed by atoms with Crippen LogP contribution in [0.3, 0.4) is 0 Å². The molecule has 0 bridgehead atoms. The lowest BCUT2D eigenvalue weighted by Gasteiger charge is -2.38. The van der Waals surface area contributed by atoms with Gasteiger partial charge in [0, 0.05) is 55.7 Å². The predicted molar refractivity (Wildman–Crippen MR) is 99.5 cm³/mol. The van der Waals surface area contributed by atoms with Gasteiger partial charge in [0.2, 0.25) is 0 Å². The molecule has 0 spiro atoms. The van der Waals surface area contributed by atoms with E-state index in [0.717, 1.165) is 25.2 Å². The van der Waals surface area contributed by atoms with Crippen LogP contribution in [0.4, 0.5) is 0 Å². The molecule has 138 valence electrons. The summed E-state index contributed by atoms with van der Waals surface area (Å²) < 4.78 is 5.36. The molecule has 1 atom stereocenters.